The maximum Gasteiger partial charge on any atom is 0.341 e. The van der Waals surface area contributed by atoms with Gasteiger partial charge in [0.15, 0.2) is 0 Å². The van der Waals surface area contributed by atoms with Crippen molar-refractivity contribution in [3.05, 3.63) is 55.5 Å². The van der Waals surface area contributed by atoms with Crippen LogP contribution in [0.1, 0.15) is 59.0 Å². The smallest absolute Gasteiger partial charge is 0.341 e. The number of aryl methyl sites for hydroxylation is 1. The molecular formula is C25H28N4O5S. The van der Waals surface area contributed by atoms with Crippen LogP contribution in [0.15, 0.2) is 23.8 Å². The number of nitriles is 1. The number of anilines is 2. The molecule has 184 valence electrons. The molecule has 3 rings (SSSR count). The van der Waals surface area contributed by atoms with Crippen molar-refractivity contribution in [1.82, 2.24) is 0 Å². The van der Waals surface area contributed by atoms with E-state index in [1.54, 1.807) is 19.9 Å². The van der Waals surface area contributed by atoms with Crippen LogP contribution in [0, 0.1) is 35.3 Å². The zero-order chi connectivity index (χ0) is 25.5. The maximum absolute atomic E-state index is 13.1. The third-order valence-corrected chi connectivity index (χ3v) is 7.05. The average molecular weight is 497 g/mol. The number of amides is 1. The van der Waals surface area contributed by atoms with E-state index < -0.39 is 16.8 Å². The number of hydrogen-bond acceptors (Lipinski definition) is 8. The molecule has 0 atom stereocenters. The van der Waals surface area contributed by atoms with E-state index in [1.165, 1.54) is 29.5 Å². The Morgan fingerprint density at radius 1 is 1.26 bits per heavy atom. The number of nitro benzene ring substituents is 1. The molecule has 2 aromatic rings. The SMILES string of the molecule is CCOC(=O)c1c(NC(=O)/C(C#N)=C\c2cc([N+](=O)[O-])ccc2N2CCCCCC2)sc(C)c1C. The summed E-state index contributed by atoms with van der Waals surface area (Å²) in [6.07, 6.45) is 5.60. The van der Waals surface area contributed by atoms with Crippen molar-refractivity contribution in [2.24, 2.45) is 0 Å². The van der Waals surface area contributed by atoms with E-state index in [9.17, 15) is 25.0 Å². The largest absolute Gasteiger partial charge is 0.462 e. The fourth-order valence-corrected chi connectivity index (χ4v) is 5.05. The summed E-state index contributed by atoms with van der Waals surface area (Å²) in [4.78, 5) is 39.4. The molecular weight excluding hydrogens is 468 g/mol. The van der Waals surface area contributed by atoms with Crippen LogP contribution in [-0.2, 0) is 9.53 Å². The Morgan fingerprint density at radius 2 is 1.94 bits per heavy atom. The summed E-state index contributed by atoms with van der Waals surface area (Å²) in [5.41, 5.74) is 1.79. The zero-order valence-corrected chi connectivity index (χ0v) is 20.9. The molecule has 1 N–H and O–H groups in total. The van der Waals surface area contributed by atoms with Crippen molar-refractivity contribution in [2.75, 3.05) is 29.9 Å². The van der Waals surface area contributed by atoms with Gasteiger partial charge in [-0.3, -0.25) is 14.9 Å². The van der Waals surface area contributed by atoms with Crippen LogP contribution < -0.4 is 10.2 Å². The lowest BCUT2D eigenvalue weighted by atomic mass is 10.1. The van der Waals surface area contributed by atoms with Gasteiger partial charge in [0.05, 0.1) is 17.1 Å². The van der Waals surface area contributed by atoms with Crippen LogP contribution in [0.5, 0.6) is 0 Å². The molecule has 1 fully saturated rings. The van der Waals surface area contributed by atoms with Gasteiger partial charge >= 0.3 is 5.97 Å². The minimum absolute atomic E-state index is 0.123. The van der Waals surface area contributed by atoms with Gasteiger partial charge < -0.3 is 15.0 Å². The first kappa shape index (κ1) is 25.9. The number of thiophene rings is 1. The molecule has 0 unspecified atom stereocenters. The normalized spacial score (nSPS) is 14.1. The van der Waals surface area contributed by atoms with E-state index in [4.69, 9.17) is 4.74 Å². The monoisotopic (exact) mass is 496 g/mol. The molecule has 0 spiro atoms. The molecule has 1 amide bonds. The first-order chi connectivity index (χ1) is 16.8. The van der Waals surface area contributed by atoms with Crippen LogP contribution in [0.2, 0.25) is 0 Å². The van der Waals surface area contributed by atoms with E-state index in [0.717, 1.165) is 49.3 Å². The Kier molecular flexibility index (Phi) is 8.60. The van der Waals surface area contributed by atoms with E-state index >= 15 is 0 Å². The number of esters is 1. The molecule has 9 nitrogen and oxygen atoms in total. The number of rotatable bonds is 7. The van der Waals surface area contributed by atoms with E-state index in [2.05, 4.69) is 10.2 Å². The second-order valence-corrected chi connectivity index (χ2v) is 9.46. The number of ether oxygens (including phenoxy) is 1. The number of non-ortho nitro benzene ring substituents is 1. The van der Waals surface area contributed by atoms with Crippen molar-refractivity contribution >= 4 is 45.7 Å². The standard InChI is InChI=1S/C25H28N4O5S/c1-4-34-25(31)22-16(2)17(3)35-24(22)27-23(30)19(15-26)13-18-14-20(29(32)33)9-10-21(18)28-11-7-5-6-8-12-28/h9-10,13-14H,4-8,11-12H2,1-3H3,(H,27,30)/b19-13-. The predicted molar refractivity (Wildman–Crippen MR) is 136 cm³/mol. The lowest BCUT2D eigenvalue weighted by Crippen LogP contribution is -2.24. The molecule has 1 aliphatic rings. The highest BCUT2D eigenvalue weighted by Gasteiger charge is 2.24. The maximum atomic E-state index is 13.1. The Labute approximate surface area is 208 Å². The molecule has 0 radical (unpaired) electrons. The van der Waals surface area contributed by atoms with Gasteiger partial charge in [-0.2, -0.15) is 5.26 Å². The van der Waals surface area contributed by atoms with E-state index in [1.807, 2.05) is 13.0 Å². The van der Waals surface area contributed by atoms with Crippen molar-refractivity contribution in [2.45, 2.75) is 46.5 Å². The number of carbonyl (C=O) groups is 2. The Balaban J connectivity index is 1.99. The van der Waals surface area contributed by atoms with Gasteiger partial charge in [0.2, 0.25) is 0 Å². The molecule has 0 bridgehead atoms. The highest BCUT2D eigenvalue weighted by Crippen LogP contribution is 2.34. The number of carbonyl (C=O) groups excluding carboxylic acids is 2. The van der Waals surface area contributed by atoms with Crippen LogP contribution >= 0.6 is 11.3 Å². The third kappa shape index (κ3) is 6.05. The number of nitro groups is 1. The van der Waals surface area contributed by atoms with Gasteiger partial charge in [0.25, 0.3) is 11.6 Å². The predicted octanol–water partition coefficient (Wildman–Crippen LogP) is 5.38. The summed E-state index contributed by atoms with van der Waals surface area (Å²) in [6, 6.07) is 6.40. The lowest BCUT2D eigenvalue weighted by molar-refractivity contribution is -0.384. The summed E-state index contributed by atoms with van der Waals surface area (Å²) in [5.74, 6) is -1.25. The van der Waals surface area contributed by atoms with Crippen molar-refractivity contribution in [3.8, 4) is 6.07 Å². The molecule has 0 aliphatic carbocycles. The van der Waals surface area contributed by atoms with Crippen LogP contribution in [0.3, 0.4) is 0 Å². The van der Waals surface area contributed by atoms with Crippen LogP contribution in [0.4, 0.5) is 16.4 Å². The number of benzene rings is 1. The zero-order valence-electron chi connectivity index (χ0n) is 20.1. The second kappa shape index (κ2) is 11.6. The van der Waals surface area contributed by atoms with Gasteiger partial charge in [-0.05, 0) is 51.3 Å². The summed E-state index contributed by atoms with van der Waals surface area (Å²) in [5, 5.41) is 24.1. The van der Waals surface area contributed by atoms with E-state index in [0.29, 0.717) is 16.1 Å². The first-order valence-corrected chi connectivity index (χ1v) is 12.3. The van der Waals surface area contributed by atoms with Gasteiger partial charge in [-0.25, -0.2) is 4.79 Å². The van der Waals surface area contributed by atoms with Crippen molar-refractivity contribution in [1.29, 1.82) is 5.26 Å². The first-order valence-electron chi connectivity index (χ1n) is 11.5. The minimum Gasteiger partial charge on any atom is -0.462 e. The van der Waals surface area contributed by atoms with Gasteiger partial charge in [0, 0.05) is 41.4 Å². The van der Waals surface area contributed by atoms with E-state index in [-0.39, 0.29) is 23.4 Å². The van der Waals surface area contributed by atoms with Crippen LogP contribution in [-0.4, -0.2) is 36.5 Å². The van der Waals surface area contributed by atoms with Crippen LogP contribution in [0.25, 0.3) is 6.08 Å². The molecule has 0 saturated carbocycles. The highest BCUT2D eigenvalue weighted by atomic mass is 32.1. The lowest BCUT2D eigenvalue weighted by Gasteiger charge is -2.24. The average Bonchev–Trinajstić information content (AvgIpc) is 3.00. The Bertz CT molecular complexity index is 1200. The number of nitrogens with zero attached hydrogens (tertiary/aromatic N) is 3. The molecule has 1 aromatic carbocycles. The molecule has 1 aromatic heterocycles. The summed E-state index contributed by atoms with van der Waals surface area (Å²) < 4.78 is 5.12. The fourth-order valence-electron chi connectivity index (χ4n) is 4.01. The van der Waals surface area contributed by atoms with Gasteiger partial charge in [-0.1, -0.05) is 12.8 Å². The third-order valence-electron chi connectivity index (χ3n) is 5.93. The minimum atomic E-state index is -0.701. The quantitative estimate of drug-likeness (QED) is 0.179. The second-order valence-electron chi connectivity index (χ2n) is 8.23. The number of hydrogen-bond donors (Lipinski definition) is 1. The Hall–Kier alpha value is -3.71. The topological polar surface area (TPSA) is 126 Å². The van der Waals surface area contributed by atoms with Gasteiger partial charge in [0.1, 0.15) is 16.6 Å². The Morgan fingerprint density at radius 3 is 2.54 bits per heavy atom. The molecule has 1 aliphatic heterocycles. The number of nitrogens with one attached hydrogen (secondary N) is 1. The van der Waals surface area contributed by atoms with Crippen molar-refractivity contribution < 1.29 is 19.2 Å². The molecule has 10 heteroatoms. The molecule has 2 heterocycles. The summed E-state index contributed by atoms with van der Waals surface area (Å²) in [6.45, 7) is 7.08. The van der Waals surface area contributed by atoms with Crippen molar-refractivity contribution in [3.63, 3.8) is 0 Å². The summed E-state index contributed by atoms with van der Waals surface area (Å²) >= 11 is 1.23. The molecule has 1 saturated heterocycles. The molecule has 35 heavy (non-hydrogen) atoms. The highest BCUT2D eigenvalue weighted by molar-refractivity contribution is 7.16. The fraction of sp³-hybridized carbons (Fsp3) is 0.400. The summed E-state index contributed by atoms with van der Waals surface area (Å²) in [7, 11) is 0. The van der Waals surface area contributed by atoms with Gasteiger partial charge in [-0.15, -0.1) is 11.3 Å².